The van der Waals surface area contributed by atoms with Crippen LogP contribution in [0.2, 0.25) is 0 Å². The van der Waals surface area contributed by atoms with E-state index in [1.54, 1.807) is 11.8 Å². The Morgan fingerprint density at radius 2 is 2.47 bits per heavy atom. The first kappa shape index (κ1) is 14.3. The van der Waals surface area contributed by atoms with Crippen LogP contribution >= 0.6 is 11.8 Å². The molecule has 0 aliphatic heterocycles. The monoisotopic (exact) mass is 232 g/mol. The van der Waals surface area contributed by atoms with Gasteiger partial charge >= 0.3 is 0 Å². The molecular formula is C10H20N2O2S. The van der Waals surface area contributed by atoms with Crippen LogP contribution in [-0.4, -0.2) is 37.1 Å². The van der Waals surface area contributed by atoms with Crippen LogP contribution in [0.25, 0.3) is 0 Å². The molecule has 5 heteroatoms. The van der Waals surface area contributed by atoms with Crippen LogP contribution in [0.3, 0.4) is 0 Å². The number of nitrogens with one attached hydrogen (secondary N) is 1. The molecule has 0 aliphatic carbocycles. The summed E-state index contributed by atoms with van der Waals surface area (Å²) in [5, 5.41) is 2.76. The highest BCUT2D eigenvalue weighted by Crippen LogP contribution is 1.98. The third-order valence-corrected chi connectivity index (χ3v) is 2.47. The van der Waals surface area contributed by atoms with E-state index in [1.165, 1.54) is 6.26 Å². The highest BCUT2D eigenvalue weighted by atomic mass is 32.2. The van der Waals surface area contributed by atoms with Gasteiger partial charge in [0, 0.05) is 6.54 Å². The summed E-state index contributed by atoms with van der Waals surface area (Å²) in [5.41, 5.74) is 5.67. The Hall–Kier alpha value is -0.680. The Morgan fingerprint density at radius 1 is 1.73 bits per heavy atom. The number of ether oxygens (including phenoxy) is 1. The summed E-state index contributed by atoms with van der Waals surface area (Å²) in [6.07, 6.45) is 4.88. The molecule has 0 rings (SSSR count). The minimum Gasteiger partial charge on any atom is -0.502 e. The molecule has 0 aromatic heterocycles. The normalized spacial score (nSPS) is 11.9. The molecular weight excluding hydrogens is 212 g/mol. The second-order valence-corrected chi connectivity index (χ2v) is 4.06. The number of rotatable bonds is 9. The lowest BCUT2D eigenvalue weighted by Gasteiger charge is -2.11. The van der Waals surface area contributed by atoms with Crippen LogP contribution in [0.5, 0.6) is 0 Å². The lowest BCUT2D eigenvalue weighted by Crippen LogP contribution is -2.41. The second-order valence-electron chi connectivity index (χ2n) is 3.07. The van der Waals surface area contributed by atoms with Crippen LogP contribution in [0.1, 0.15) is 12.8 Å². The zero-order valence-corrected chi connectivity index (χ0v) is 10.0. The van der Waals surface area contributed by atoms with Crippen molar-refractivity contribution in [1.82, 2.24) is 5.32 Å². The molecule has 0 fully saturated rings. The number of carbonyl (C=O) groups is 1. The summed E-state index contributed by atoms with van der Waals surface area (Å²) < 4.78 is 4.92. The Morgan fingerprint density at radius 3 is 3.07 bits per heavy atom. The lowest BCUT2D eigenvalue weighted by molar-refractivity contribution is -0.122. The number of amides is 1. The maximum absolute atomic E-state index is 11.4. The molecule has 1 atom stereocenters. The highest BCUT2D eigenvalue weighted by Gasteiger charge is 2.11. The number of hydrogen-bond acceptors (Lipinski definition) is 4. The van der Waals surface area contributed by atoms with Crippen LogP contribution < -0.4 is 11.1 Å². The van der Waals surface area contributed by atoms with Crippen LogP contribution in [0, 0.1) is 0 Å². The predicted octanol–water partition coefficient (Wildman–Crippen LogP) is 0.733. The quantitative estimate of drug-likeness (QED) is 0.454. The fraction of sp³-hybridized carbons (Fsp3) is 0.700. The standard InChI is InChI=1S/C10H20N2O2S/c1-3-14-7-4-6-12-10(13)9(11)5-8-15-2/h3,9H,1,4-8,11H2,2H3,(H,12,13)/t9-/m0/s1. The van der Waals surface area contributed by atoms with Gasteiger partial charge in [-0.25, -0.2) is 0 Å². The third kappa shape index (κ3) is 8.32. The molecule has 0 aliphatic rings. The number of thioether (sulfide) groups is 1. The molecule has 0 aromatic rings. The Balaban J connectivity index is 3.42. The molecule has 0 heterocycles. The fourth-order valence-corrected chi connectivity index (χ4v) is 1.45. The van der Waals surface area contributed by atoms with Crippen molar-refractivity contribution in [3.05, 3.63) is 12.8 Å². The summed E-state index contributed by atoms with van der Waals surface area (Å²) in [6.45, 7) is 4.59. The molecule has 0 spiro atoms. The molecule has 88 valence electrons. The summed E-state index contributed by atoms with van der Waals surface area (Å²) in [5.74, 6) is 0.830. The van der Waals surface area contributed by atoms with E-state index < -0.39 is 6.04 Å². The smallest absolute Gasteiger partial charge is 0.236 e. The zero-order chi connectivity index (χ0) is 11.5. The maximum atomic E-state index is 11.4. The van der Waals surface area contributed by atoms with Gasteiger partial charge in [-0.3, -0.25) is 4.79 Å². The van der Waals surface area contributed by atoms with E-state index in [0.717, 1.165) is 18.6 Å². The van der Waals surface area contributed by atoms with Gasteiger partial charge in [-0.2, -0.15) is 11.8 Å². The van der Waals surface area contributed by atoms with Crippen molar-refractivity contribution in [2.75, 3.05) is 25.2 Å². The van der Waals surface area contributed by atoms with Crippen molar-refractivity contribution in [1.29, 1.82) is 0 Å². The van der Waals surface area contributed by atoms with Crippen molar-refractivity contribution in [3.63, 3.8) is 0 Å². The van der Waals surface area contributed by atoms with Crippen LogP contribution in [-0.2, 0) is 9.53 Å². The molecule has 0 aromatic carbocycles. The molecule has 0 unspecified atom stereocenters. The molecule has 0 saturated carbocycles. The van der Waals surface area contributed by atoms with E-state index in [4.69, 9.17) is 10.5 Å². The minimum atomic E-state index is -0.391. The molecule has 0 radical (unpaired) electrons. The van der Waals surface area contributed by atoms with Gasteiger partial charge in [0.15, 0.2) is 0 Å². The van der Waals surface area contributed by atoms with Gasteiger partial charge in [-0.05, 0) is 24.9 Å². The first-order chi connectivity index (χ1) is 7.22. The number of hydrogen-bond donors (Lipinski definition) is 2. The largest absolute Gasteiger partial charge is 0.502 e. The van der Waals surface area contributed by atoms with E-state index in [0.29, 0.717) is 13.2 Å². The molecule has 0 bridgehead atoms. The average molecular weight is 232 g/mol. The van der Waals surface area contributed by atoms with Gasteiger partial charge in [-0.15, -0.1) is 0 Å². The summed E-state index contributed by atoms with van der Waals surface area (Å²) in [4.78, 5) is 11.4. The predicted molar refractivity (Wildman–Crippen MR) is 64.8 cm³/mol. The zero-order valence-electron chi connectivity index (χ0n) is 9.20. The molecule has 3 N–H and O–H groups in total. The van der Waals surface area contributed by atoms with Crippen molar-refractivity contribution in [3.8, 4) is 0 Å². The first-order valence-corrected chi connectivity index (χ1v) is 6.36. The third-order valence-electron chi connectivity index (χ3n) is 1.83. The summed E-state index contributed by atoms with van der Waals surface area (Å²) in [7, 11) is 0. The van der Waals surface area contributed by atoms with E-state index in [-0.39, 0.29) is 5.91 Å². The number of nitrogens with two attached hydrogens (primary N) is 1. The van der Waals surface area contributed by atoms with Crippen LogP contribution in [0.15, 0.2) is 12.8 Å². The van der Waals surface area contributed by atoms with Crippen LogP contribution in [0.4, 0.5) is 0 Å². The Kier molecular flexibility index (Phi) is 9.41. The SMILES string of the molecule is C=COCCCNC(=O)[C@@H](N)CCSC. The van der Waals surface area contributed by atoms with E-state index >= 15 is 0 Å². The maximum Gasteiger partial charge on any atom is 0.236 e. The molecule has 0 saturated heterocycles. The van der Waals surface area contributed by atoms with E-state index in [9.17, 15) is 4.79 Å². The fourth-order valence-electron chi connectivity index (χ4n) is 0.957. The van der Waals surface area contributed by atoms with Gasteiger partial charge in [0.2, 0.25) is 5.91 Å². The summed E-state index contributed by atoms with van der Waals surface area (Å²) in [6, 6.07) is -0.391. The minimum absolute atomic E-state index is 0.0809. The van der Waals surface area contributed by atoms with Crippen molar-refractivity contribution < 1.29 is 9.53 Å². The molecule has 1 amide bonds. The van der Waals surface area contributed by atoms with Gasteiger partial charge in [0.05, 0.1) is 18.9 Å². The Bertz CT molecular complexity index is 188. The average Bonchev–Trinajstić information content (AvgIpc) is 2.25. The van der Waals surface area contributed by atoms with Crippen molar-refractivity contribution in [2.45, 2.75) is 18.9 Å². The Labute approximate surface area is 95.6 Å². The van der Waals surface area contributed by atoms with Gasteiger partial charge in [0.1, 0.15) is 0 Å². The second kappa shape index (κ2) is 9.86. The lowest BCUT2D eigenvalue weighted by atomic mass is 10.2. The number of carbonyl (C=O) groups excluding carboxylic acids is 1. The van der Waals surface area contributed by atoms with Crippen molar-refractivity contribution >= 4 is 17.7 Å². The summed E-state index contributed by atoms with van der Waals surface area (Å²) >= 11 is 1.69. The van der Waals surface area contributed by atoms with Gasteiger partial charge < -0.3 is 15.8 Å². The first-order valence-electron chi connectivity index (χ1n) is 4.97. The molecule has 4 nitrogen and oxygen atoms in total. The van der Waals surface area contributed by atoms with Gasteiger partial charge in [-0.1, -0.05) is 6.58 Å². The van der Waals surface area contributed by atoms with E-state index in [1.807, 2.05) is 6.26 Å². The van der Waals surface area contributed by atoms with Gasteiger partial charge in [0.25, 0.3) is 0 Å². The topological polar surface area (TPSA) is 64.3 Å². The molecule has 15 heavy (non-hydrogen) atoms. The van der Waals surface area contributed by atoms with Crippen molar-refractivity contribution in [2.24, 2.45) is 5.73 Å². The van der Waals surface area contributed by atoms with E-state index in [2.05, 4.69) is 11.9 Å². The highest BCUT2D eigenvalue weighted by molar-refractivity contribution is 7.98.